The third-order valence-electron chi connectivity index (χ3n) is 5.63. The molecule has 31 heavy (non-hydrogen) atoms. The van der Waals surface area contributed by atoms with Gasteiger partial charge in [-0.2, -0.15) is 0 Å². The number of methoxy groups -OCH3 is 1. The summed E-state index contributed by atoms with van der Waals surface area (Å²) in [5.74, 6) is -0.842. The summed E-state index contributed by atoms with van der Waals surface area (Å²) < 4.78 is 5.53. The van der Waals surface area contributed by atoms with Crippen LogP contribution in [-0.4, -0.2) is 60.9 Å². The number of aliphatic hydroxyl groups is 1. The number of likely N-dealkylation sites (tertiary alicyclic amines) is 1. The summed E-state index contributed by atoms with van der Waals surface area (Å²) in [7, 11) is 5.49. The summed E-state index contributed by atoms with van der Waals surface area (Å²) in [6.45, 7) is 4.97. The normalized spacial score (nSPS) is 18.1. The van der Waals surface area contributed by atoms with Gasteiger partial charge in [0.25, 0.3) is 11.7 Å². The number of ketones is 1. The van der Waals surface area contributed by atoms with E-state index in [9.17, 15) is 14.7 Å². The minimum absolute atomic E-state index is 0.105. The quantitative estimate of drug-likeness (QED) is 0.419. The Morgan fingerprint density at radius 1 is 1.13 bits per heavy atom. The molecule has 0 bridgehead atoms. The van der Waals surface area contributed by atoms with Crippen LogP contribution in [0.15, 0.2) is 48.0 Å². The Hall–Kier alpha value is -3.12. The minimum atomic E-state index is -0.710. The number of amides is 1. The molecule has 2 aromatic carbocycles. The molecule has 1 aliphatic rings. The van der Waals surface area contributed by atoms with Crippen LogP contribution in [0, 0.1) is 13.8 Å². The van der Waals surface area contributed by atoms with Gasteiger partial charge in [-0.25, -0.2) is 0 Å². The van der Waals surface area contributed by atoms with Gasteiger partial charge < -0.3 is 19.6 Å². The van der Waals surface area contributed by atoms with Crippen LogP contribution in [0.2, 0.25) is 0 Å². The average molecular weight is 423 g/mol. The fourth-order valence-electron chi connectivity index (χ4n) is 4.02. The molecule has 1 atom stereocenters. The van der Waals surface area contributed by atoms with Crippen molar-refractivity contribution in [2.45, 2.75) is 26.3 Å². The van der Waals surface area contributed by atoms with Gasteiger partial charge in [-0.1, -0.05) is 35.9 Å². The molecule has 1 fully saturated rings. The lowest BCUT2D eigenvalue weighted by Crippen LogP contribution is -2.32. The molecule has 1 N–H and O–H groups in total. The highest BCUT2D eigenvalue weighted by Gasteiger charge is 2.46. The lowest BCUT2D eigenvalue weighted by molar-refractivity contribution is -0.140. The summed E-state index contributed by atoms with van der Waals surface area (Å²) in [4.78, 5) is 29.8. The van der Waals surface area contributed by atoms with Crippen LogP contribution in [0.4, 0.5) is 0 Å². The molecule has 1 unspecified atom stereocenters. The Balaban J connectivity index is 2.19. The molecule has 1 saturated heterocycles. The Kier molecular flexibility index (Phi) is 6.81. The maximum atomic E-state index is 13.1. The van der Waals surface area contributed by atoms with Crippen molar-refractivity contribution in [2.75, 3.05) is 34.3 Å². The maximum absolute atomic E-state index is 13.1. The highest BCUT2D eigenvalue weighted by Crippen LogP contribution is 2.43. The number of hydrogen-bond donors (Lipinski definition) is 1. The molecule has 3 rings (SSSR count). The number of benzene rings is 2. The molecule has 6 heteroatoms. The van der Waals surface area contributed by atoms with Gasteiger partial charge in [0.15, 0.2) is 0 Å². The number of Topliss-reactive ketones (excluding diaryl/α,β-unsaturated/α-hetero) is 1. The third kappa shape index (κ3) is 4.49. The fourth-order valence-corrected chi connectivity index (χ4v) is 4.02. The van der Waals surface area contributed by atoms with Crippen molar-refractivity contribution in [3.8, 4) is 5.75 Å². The number of carbonyl (C=O) groups is 2. The first-order valence-electron chi connectivity index (χ1n) is 10.4. The van der Waals surface area contributed by atoms with Gasteiger partial charge in [-0.3, -0.25) is 9.59 Å². The summed E-state index contributed by atoms with van der Waals surface area (Å²) in [6.07, 6.45) is 0.704. The first-order valence-corrected chi connectivity index (χ1v) is 10.4. The molecule has 0 aromatic heterocycles. The topological polar surface area (TPSA) is 70.1 Å². The summed E-state index contributed by atoms with van der Waals surface area (Å²) in [6, 6.07) is 12.3. The zero-order chi connectivity index (χ0) is 22.7. The first-order chi connectivity index (χ1) is 14.8. The molecule has 1 heterocycles. The second-order valence-corrected chi connectivity index (χ2v) is 8.21. The lowest BCUT2D eigenvalue weighted by Gasteiger charge is -2.27. The minimum Gasteiger partial charge on any atom is -0.507 e. The number of nitrogens with zero attached hydrogens (tertiary/aromatic N) is 2. The van der Waals surface area contributed by atoms with Gasteiger partial charge in [-0.15, -0.1) is 0 Å². The smallest absolute Gasteiger partial charge is 0.295 e. The van der Waals surface area contributed by atoms with Crippen molar-refractivity contribution in [3.05, 3.63) is 70.3 Å². The van der Waals surface area contributed by atoms with E-state index in [2.05, 4.69) is 0 Å². The lowest BCUT2D eigenvalue weighted by atomic mass is 9.93. The third-order valence-corrected chi connectivity index (χ3v) is 5.63. The van der Waals surface area contributed by atoms with Gasteiger partial charge in [0, 0.05) is 17.7 Å². The van der Waals surface area contributed by atoms with Gasteiger partial charge in [0.05, 0.1) is 18.7 Å². The van der Waals surface area contributed by atoms with Crippen LogP contribution in [0.1, 0.15) is 34.7 Å². The van der Waals surface area contributed by atoms with Crippen LogP contribution >= 0.6 is 0 Å². The van der Waals surface area contributed by atoms with Gasteiger partial charge >= 0.3 is 0 Å². The second kappa shape index (κ2) is 9.35. The average Bonchev–Trinajstić information content (AvgIpc) is 2.99. The van der Waals surface area contributed by atoms with Crippen molar-refractivity contribution in [2.24, 2.45) is 0 Å². The van der Waals surface area contributed by atoms with Crippen molar-refractivity contribution >= 4 is 17.4 Å². The van der Waals surface area contributed by atoms with Gasteiger partial charge in [0.1, 0.15) is 11.5 Å². The van der Waals surface area contributed by atoms with E-state index in [-0.39, 0.29) is 11.3 Å². The molecule has 1 aliphatic heterocycles. The molecule has 2 aromatic rings. The predicted molar refractivity (Wildman–Crippen MR) is 121 cm³/mol. The molecule has 1 amide bonds. The van der Waals surface area contributed by atoms with E-state index in [0.29, 0.717) is 29.8 Å². The van der Waals surface area contributed by atoms with E-state index in [1.165, 1.54) is 0 Å². The Labute approximate surface area is 183 Å². The number of para-hydroxylation sites is 1. The summed E-state index contributed by atoms with van der Waals surface area (Å²) in [5, 5.41) is 11.3. The van der Waals surface area contributed by atoms with E-state index in [1.807, 2.05) is 69.2 Å². The number of aryl methyl sites for hydroxylation is 2. The predicted octanol–water partition coefficient (Wildman–Crippen LogP) is 3.69. The Bertz CT molecular complexity index is 1030. The number of hydrogen-bond acceptors (Lipinski definition) is 5. The van der Waals surface area contributed by atoms with Gasteiger partial charge in [0.2, 0.25) is 0 Å². The van der Waals surface area contributed by atoms with E-state index >= 15 is 0 Å². The maximum Gasteiger partial charge on any atom is 0.295 e. The standard InChI is InChI=1S/C25H30N2O4/c1-16-11-12-17(2)19(15-16)23(28)21-22(18-9-6-7-10-20(18)31-5)27(25(30)24(21)29)14-8-13-26(3)4/h6-7,9-12,15,22,28H,8,13-14H2,1-5H3. The van der Waals surface area contributed by atoms with E-state index in [0.717, 1.165) is 17.7 Å². The van der Waals surface area contributed by atoms with Crippen LogP contribution in [0.3, 0.4) is 0 Å². The summed E-state index contributed by atoms with van der Waals surface area (Å²) in [5.41, 5.74) is 3.14. The van der Waals surface area contributed by atoms with E-state index < -0.39 is 17.7 Å². The van der Waals surface area contributed by atoms with Crippen LogP contribution in [0.5, 0.6) is 5.75 Å². The highest BCUT2D eigenvalue weighted by atomic mass is 16.5. The number of ether oxygens (including phenoxy) is 1. The summed E-state index contributed by atoms with van der Waals surface area (Å²) >= 11 is 0. The monoisotopic (exact) mass is 422 g/mol. The molecule has 0 saturated carbocycles. The SMILES string of the molecule is COc1ccccc1C1C(=C(O)c2cc(C)ccc2C)C(=O)C(=O)N1CCCN(C)C. The van der Waals surface area contributed by atoms with E-state index in [4.69, 9.17) is 4.74 Å². The number of carbonyl (C=O) groups excluding carboxylic acids is 2. The van der Waals surface area contributed by atoms with Crippen molar-refractivity contribution in [1.29, 1.82) is 0 Å². The fraction of sp³-hybridized carbons (Fsp3) is 0.360. The molecule has 6 nitrogen and oxygen atoms in total. The van der Waals surface area contributed by atoms with Crippen LogP contribution in [-0.2, 0) is 9.59 Å². The Morgan fingerprint density at radius 3 is 2.52 bits per heavy atom. The second-order valence-electron chi connectivity index (χ2n) is 8.21. The molecule has 0 aliphatic carbocycles. The molecule has 0 radical (unpaired) electrons. The molecular weight excluding hydrogens is 392 g/mol. The van der Waals surface area contributed by atoms with Crippen molar-refractivity contribution in [3.63, 3.8) is 0 Å². The zero-order valence-corrected chi connectivity index (χ0v) is 18.8. The van der Waals surface area contributed by atoms with Crippen molar-refractivity contribution in [1.82, 2.24) is 9.80 Å². The Morgan fingerprint density at radius 2 is 1.84 bits per heavy atom. The number of rotatable bonds is 7. The van der Waals surface area contributed by atoms with Crippen LogP contribution < -0.4 is 4.74 Å². The molecular formula is C25H30N2O4. The van der Waals surface area contributed by atoms with Crippen LogP contribution in [0.25, 0.3) is 5.76 Å². The zero-order valence-electron chi connectivity index (χ0n) is 18.8. The number of aliphatic hydroxyl groups excluding tert-OH is 1. The first kappa shape index (κ1) is 22.6. The van der Waals surface area contributed by atoms with Crippen molar-refractivity contribution < 1.29 is 19.4 Å². The van der Waals surface area contributed by atoms with Gasteiger partial charge in [-0.05, 0) is 58.6 Å². The van der Waals surface area contributed by atoms with E-state index in [1.54, 1.807) is 18.1 Å². The largest absolute Gasteiger partial charge is 0.507 e. The molecule has 164 valence electrons. The molecule has 0 spiro atoms. The highest BCUT2D eigenvalue weighted by molar-refractivity contribution is 6.46.